The van der Waals surface area contributed by atoms with Gasteiger partial charge in [-0.05, 0) is 43.3 Å². The van der Waals surface area contributed by atoms with Gasteiger partial charge in [0.2, 0.25) is 0 Å². The molecule has 1 amide bonds. The normalized spacial score (nSPS) is 10.1. The summed E-state index contributed by atoms with van der Waals surface area (Å²) in [6, 6.07) is 14.7. The van der Waals surface area contributed by atoms with Gasteiger partial charge in [0.25, 0.3) is 5.91 Å². The summed E-state index contributed by atoms with van der Waals surface area (Å²) in [7, 11) is 1.71. The van der Waals surface area contributed by atoms with Gasteiger partial charge in [0.15, 0.2) is 6.61 Å². The zero-order valence-electron chi connectivity index (χ0n) is 11.7. The fraction of sp³-hybridized carbons (Fsp3) is 0.188. The van der Waals surface area contributed by atoms with Crippen LogP contribution in [0, 0.1) is 6.92 Å². The van der Waals surface area contributed by atoms with E-state index in [1.165, 1.54) is 0 Å². The lowest BCUT2D eigenvalue weighted by Gasteiger charge is -2.17. The molecule has 0 aliphatic heterocycles. The van der Waals surface area contributed by atoms with Crippen molar-refractivity contribution in [2.75, 3.05) is 24.3 Å². The maximum absolute atomic E-state index is 12.0. The molecule has 0 saturated carbocycles. The molecule has 0 aliphatic carbocycles. The van der Waals surface area contributed by atoms with Crippen molar-refractivity contribution < 1.29 is 9.53 Å². The lowest BCUT2D eigenvalue weighted by molar-refractivity contribution is -0.120. The molecule has 0 atom stereocenters. The van der Waals surface area contributed by atoms with Crippen molar-refractivity contribution in [2.45, 2.75) is 6.92 Å². The maximum atomic E-state index is 12.0. The molecule has 0 aromatic heterocycles. The van der Waals surface area contributed by atoms with Gasteiger partial charge in [0.05, 0.1) is 0 Å². The number of nitrogens with zero attached hydrogens (tertiary/aromatic N) is 1. The SMILES string of the molecule is Cc1ccc(OCC(=O)N(C)c2ccc(N)cc2)cc1. The Kier molecular flexibility index (Phi) is 4.25. The van der Waals surface area contributed by atoms with Crippen LogP contribution in [-0.4, -0.2) is 19.6 Å². The highest BCUT2D eigenvalue weighted by Gasteiger charge is 2.11. The molecule has 2 aromatic rings. The zero-order chi connectivity index (χ0) is 14.5. The van der Waals surface area contributed by atoms with Crippen LogP contribution in [0.3, 0.4) is 0 Å². The molecule has 0 saturated heterocycles. The lowest BCUT2D eigenvalue weighted by Crippen LogP contribution is -2.31. The second-order valence-electron chi connectivity index (χ2n) is 4.65. The second kappa shape index (κ2) is 6.10. The molecule has 0 radical (unpaired) electrons. The summed E-state index contributed by atoms with van der Waals surface area (Å²) in [6.45, 7) is 2.01. The Bertz CT molecular complexity index is 576. The molecular formula is C16H18N2O2. The number of carbonyl (C=O) groups is 1. The van der Waals surface area contributed by atoms with Gasteiger partial charge < -0.3 is 15.4 Å². The van der Waals surface area contributed by atoms with Crippen molar-refractivity contribution in [1.29, 1.82) is 0 Å². The molecular weight excluding hydrogens is 252 g/mol. The number of likely N-dealkylation sites (N-methyl/N-ethyl adjacent to an activating group) is 1. The number of rotatable bonds is 4. The van der Waals surface area contributed by atoms with E-state index in [0.717, 1.165) is 11.3 Å². The maximum Gasteiger partial charge on any atom is 0.264 e. The van der Waals surface area contributed by atoms with Crippen molar-refractivity contribution >= 4 is 17.3 Å². The van der Waals surface area contributed by atoms with Crippen molar-refractivity contribution in [3.63, 3.8) is 0 Å². The van der Waals surface area contributed by atoms with Gasteiger partial charge in [-0.15, -0.1) is 0 Å². The number of benzene rings is 2. The van der Waals surface area contributed by atoms with Crippen LogP contribution in [-0.2, 0) is 4.79 Å². The topological polar surface area (TPSA) is 55.6 Å². The number of nitrogen functional groups attached to an aromatic ring is 1. The van der Waals surface area contributed by atoms with Crippen LogP contribution in [0.5, 0.6) is 5.75 Å². The van der Waals surface area contributed by atoms with Crippen LogP contribution in [0.1, 0.15) is 5.56 Å². The summed E-state index contributed by atoms with van der Waals surface area (Å²) in [5, 5.41) is 0. The van der Waals surface area contributed by atoms with Crippen LogP contribution in [0.15, 0.2) is 48.5 Å². The van der Waals surface area contributed by atoms with Gasteiger partial charge in [-0.2, -0.15) is 0 Å². The Hall–Kier alpha value is -2.49. The molecule has 0 unspecified atom stereocenters. The van der Waals surface area contributed by atoms with E-state index in [2.05, 4.69) is 0 Å². The summed E-state index contributed by atoms with van der Waals surface area (Å²) in [5.41, 5.74) is 8.24. The molecule has 0 aliphatic rings. The molecule has 2 N–H and O–H groups in total. The fourth-order valence-corrected chi connectivity index (χ4v) is 1.72. The van der Waals surface area contributed by atoms with Crippen molar-refractivity contribution in [2.24, 2.45) is 0 Å². The zero-order valence-corrected chi connectivity index (χ0v) is 11.7. The Morgan fingerprint density at radius 2 is 1.70 bits per heavy atom. The van der Waals surface area contributed by atoms with E-state index < -0.39 is 0 Å². The van der Waals surface area contributed by atoms with Gasteiger partial charge in [-0.25, -0.2) is 0 Å². The minimum atomic E-state index is -0.115. The monoisotopic (exact) mass is 270 g/mol. The minimum absolute atomic E-state index is 0.00391. The van der Waals surface area contributed by atoms with Gasteiger partial charge in [0.1, 0.15) is 5.75 Å². The highest BCUT2D eigenvalue weighted by molar-refractivity contribution is 5.94. The van der Waals surface area contributed by atoms with E-state index in [4.69, 9.17) is 10.5 Å². The summed E-state index contributed by atoms with van der Waals surface area (Å²) in [5.74, 6) is 0.574. The number of nitrogens with two attached hydrogens (primary N) is 1. The average Bonchev–Trinajstić information content (AvgIpc) is 2.46. The van der Waals surface area contributed by atoms with Crippen molar-refractivity contribution in [3.8, 4) is 5.75 Å². The largest absolute Gasteiger partial charge is 0.484 e. The van der Waals surface area contributed by atoms with Gasteiger partial charge in [-0.1, -0.05) is 17.7 Å². The molecule has 0 bridgehead atoms. The Morgan fingerprint density at radius 3 is 2.30 bits per heavy atom. The average molecular weight is 270 g/mol. The highest BCUT2D eigenvalue weighted by Crippen LogP contribution is 2.16. The summed E-state index contributed by atoms with van der Waals surface area (Å²) < 4.78 is 5.47. The van der Waals surface area contributed by atoms with Gasteiger partial charge >= 0.3 is 0 Å². The molecule has 4 heteroatoms. The molecule has 2 aromatic carbocycles. The first kappa shape index (κ1) is 13.9. The number of hydrogen-bond acceptors (Lipinski definition) is 3. The van der Waals surface area contributed by atoms with Crippen molar-refractivity contribution in [3.05, 3.63) is 54.1 Å². The van der Waals surface area contributed by atoms with Gasteiger partial charge in [0, 0.05) is 18.4 Å². The summed E-state index contributed by atoms with van der Waals surface area (Å²) in [6.07, 6.45) is 0. The third kappa shape index (κ3) is 3.51. The predicted octanol–water partition coefficient (Wildman–Crippen LogP) is 2.62. The van der Waals surface area contributed by atoms with Crippen LogP contribution in [0.2, 0.25) is 0 Å². The summed E-state index contributed by atoms with van der Waals surface area (Å²) in [4.78, 5) is 13.6. The second-order valence-corrected chi connectivity index (χ2v) is 4.65. The quantitative estimate of drug-likeness (QED) is 0.869. The third-order valence-corrected chi connectivity index (χ3v) is 3.04. The molecule has 104 valence electrons. The first-order valence-corrected chi connectivity index (χ1v) is 6.38. The third-order valence-electron chi connectivity index (χ3n) is 3.04. The summed E-state index contributed by atoms with van der Waals surface area (Å²) >= 11 is 0. The highest BCUT2D eigenvalue weighted by atomic mass is 16.5. The van der Waals surface area contributed by atoms with E-state index in [1.54, 1.807) is 36.2 Å². The number of aryl methyl sites for hydroxylation is 1. The Labute approximate surface area is 118 Å². The first-order valence-electron chi connectivity index (χ1n) is 6.38. The van der Waals surface area contributed by atoms with E-state index in [1.807, 2.05) is 31.2 Å². The molecule has 0 fully saturated rings. The molecule has 0 spiro atoms. The molecule has 20 heavy (non-hydrogen) atoms. The molecule has 4 nitrogen and oxygen atoms in total. The first-order chi connectivity index (χ1) is 9.56. The number of anilines is 2. The lowest BCUT2D eigenvalue weighted by atomic mass is 10.2. The Balaban J connectivity index is 1.94. The van der Waals surface area contributed by atoms with Crippen LogP contribution < -0.4 is 15.4 Å². The van der Waals surface area contributed by atoms with E-state index in [0.29, 0.717) is 11.4 Å². The standard InChI is InChI=1S/C16H18N2O2/c1-12-3-9-15(10-4-12)20-11-16(19)18(2)14-7-5-13(17)6-8-14/h3-10H,11,17H2,1-2H3. The fourth-order valence-electron chi connectivity index (χ4n) is 1.72. The van der Waals surface area contributed by atoms with Crippen LogP contribution >= 0.6 is 0 Å². The number of ether oxygens (including phenoxy) is 1. The van der Waals surface area contributed by atoms with Crippen molar-refractivity contribution in [1.82, 2.24) is 0 Å². The minimum Gasteiger partial charge on any atom is -0.484 e. The van der Waals surface area contributed by atoms with E-state index >= 15 is 0 Å². The number of carbonyl (C=O) groups excluding carboxylic acids is 1. The number of hydrogen-bond donors (Lipinski definition) is 1. The molecule has 2 rings (SSSR count). The van der Waals surface area contributed by atoms with E-state index in [9.17, 15) is 4.79 Å². The van der Waals surface area contributed by atoms with Gasteiger partial charge in [-0.3, -0.25) is 4.79 Å². The number of amides is 1. The van der Waals surface area contributed by atoms with Crippen LogP contribution in [0.25, 0.3) is 0 Å². The van der Waals surface area contributed by atoms with Crippen LogP contribution in [0.4, 0.5) is 11.4 Å². The predicted molar refractivity (Wildman–Crippen MR) is 80.9 cm³/mol. The smallest absolute Gasteiger partial charge is 0.264 e. The molecule has 0 heterocycles. The van der Waals surface area contributed by atoms with E-state index in [-0.39, 0.29) is 12.5 Å². The Morgan fingerprint density at radius 1 is 1.10 bits per heavy atom.